The molecule has 0 saturated heterocycles. The first-order valence-corrected chi connectivity index (χ1v) is 8.42. The van der Waals surface area contributed by atoms with Gasteiger partial charge in [-0.1, -0.05) is 0 Å². The standard InChI is InChI=1S/C20H20N2O6/c1-11-18(13-5-7-15(8-6-13)21-12(2)23)22(25)20(28-11)14-9-16(26-3)19(24)17(10-14)27-4/h5-10,24H,1-4H3,(H,21,23). The second-order valence-corrected chi connectivity index (χ2v) is 6.09. The number of hydrogen-bond acceptors (Lipinski definition) is 6. The molecule has 0 bridgehead atoms. The van der Waals surface area contributed by atoms with Crippen molar-refractivity contribution >= 4 is 11.6 Å². The highest BCUT2D eigenvalue weighted by atomic mass is 16.5. The number of rotatable bonds is 5. The van der Waals surface area contributed by atoms with Crippen molar-refractivity contribution in [2.45, 2.75) is 13.8 Å². The minimum atomic E-state index is -0.177. The maximum absolute atomic E-state index is 12.9. The van der Waals surface area contributed by atoms with E-state index in [2.05, 4.69) is 5.32 Å². The Labute approximate surface area is 161 Å². The number of nitrogens with one attached hydrogen (secondary N) is 1. The number of hydrogen-bond donors (Lipinski definition) is 2. The number of anilines is 1. The summed E-state index contributed by atoms with van der Waals surface area (Å²) >= 11 is 0. The van der Waals surface area contributed by atoms with E-state index < -0.39 is 0 Å². The van der Waals surface area contributed by atoms with Crippen molar-refractivity contribution in [3.63, 3.8) is 0 Å². The lowest BCUT2D eigenvalue weighted by Crippen LogP contribution is -2.29. The number of phenols is 1. The summed E-state index contributed by atoms with van der Waals surface area (Å²) in [6.07, 6.45) is 0. The molecule has 1 amide bonds. The Balaban J connectivity index is 2.07. The highest BCUT2D eigenvalue weighted by Crippen LogP contribution is 2.40. The summed E-state index contributed by atoms with van der Waals surface area (Å²) in [6, 6.07) is 9.84. The van der Waals surface area contributed by atoms with Gasteiger partial charge in [0.1, 0.15) is 0 Å². The molecule has 1 aromatic heterocycles. The molecule has 0 aliphatic heterocycles. The number of carbonyl (C=O) groups excluding carboxylic acids is 1. The van der Waals surface area contributed by atoms with Crippen LogP contribution in [0, 0.1) is 12.1 Å². The number of nitrogens with zero attached hydrogens (tertiary/aromatic N) is 1. The summed E-state index contributed by atoms with van der Waals surface area (Å²) in [4.78, 5) is 11.1. The second-order valence-electron chi connectivity index (χ2n) is 6.09. The van der Waals surface area contributed by atoms with Crippen LogP contribution in [-0.4, -0.2) is 25.2 Å². The number of aromatic hydroxyl groups is 1. The Morgan fingerprint density at radius 1 is 1.11 bits per heavy atom. The zero-order chi connectivity index (χ0) is 20.4. The van der Waals surface area contributed by atoms with Crippen LogP contribution in [0.4, 0.5) is 5.69 Å². The van der Waals surface area contributed by atoms with Gasteiger partial charge < -0.3 is 29.5 Å². The topological polar surface area (TPSA) is 108 Å². The van der Waals surface area contributed by atoms with Crippen molar-refractivity contribution in [2.24, 2.45) is 0 Å². The molecule has 3 rings (SSSR count). The Kier molecular flexibility index (Phi) is 5.12. The SMILES string of the molecule is COc1cc(-c2oc(C)c(-c3ccc(NC(C)=O)cc3)[n+]2[O-])cc(OC)c1O. The molecule has 28 heavy (non-hydrogen) atoms. The van der Waals surface area contributed by atoms with Gasteiger partial charge in [0.15, 0.2) is 17.3 Å². The zero-order valence-corrected chi connectivity index (χ0v) is 15.9. The molecule has 146 valence electrons. The molecule has 0 radical (unpaired) electrons. The summed E-state index contributed by atoms with van der Waals surface area (Å²) in [5.41, 5.74) is 2.00. The Morgan fingerprint density at radius 2 is 1.68 bits per heavy atom. The van der Waals surface area contributed by atoms with Crippen LogP contribution >= 0.6 is 0 Å². The van der Waals surface area contributed by atoms with E-state index in [1.165, 1.54) is 33.3 Å². The normalized spacial score (nSPS) is 10.6. The van der Waals surface area contributed by atoms with Gasteiger partial charge in [-0.2, -0.15) is 0 Å². The van der Waals surface area contributed by atoms with Gasteiger partial charge in [-0.3, -0.25) is 4.79 Å². The van der Waals surface area contributed by atoms with E-state index in [1.54, 1.807) is 31.2 Å². The first kappa shape index (κ1) is 19.1. The molecular weight excluding hydrogens is 364 g/mol. The monoisotopic (exact) mass is 384 g/mol. The van der Waals surface area contributed by atoms with Crippen LogP contribution < -0.4 is 19.5 Å². The van der Waals surface area contributed by atoms with Crippen LogP contribution in [0.15, 0.2) is 40.8 Å². The second kappa shape index (κ2) is 7.51. The van der Waals surface area contributed by atoms with Gasteiger partial charge in [-0.25, -0.2) is 0 Å². The molecule has 0 aliphatic carbocycles. The molecule has 0 fully saturated rings. The number of amides is 1. The molecular formula is C20H20N2O6. The molecule has 8 nitrogen and oxygen atoms in total. The van der Waals surface area contributed by atoms with Gasteiger partial charge in [0, 0.05) is 31.7 Å². The van der Waals surface area contributed by atoms with Crippen molar-refractivity contribution in [3.05, 3.63) is 47.4 Å². The Morgan fingerprint density at radius 3 is 2.18 bits per heavy atom. The maximum Gasteiger partial charge on any atom is 0.393 e. The fourth-order valence-corrected chi connectivity index (χ4v) is 2.91. The van der Waals surface area contributed by atoms with Crippen molar-refractivity contribution in [1.29, 1.82) is 0 Å². The van der Waals surface area contributed by atoms with Crippen molar-refractivity contribution in [2.75, 3.05) is 19.5 Å². The minimum absolute atomic E-state index is 0.0371. The summed E-state index contributed by atoms with van der Waals surface area (Å²) in [6.45, 7) is 3.11. The highest BCUT2D eigenvalue weighted by Gasteiger charge is 2.27. The third-order valence-electron chi connectivity index (χ3n) is 4.18. The smallest absolute Gasteiger partial charge is 0.393 e. The molecule has 2 N–H and O–H groups in total. The molecule has 0 atom stereocenters. The molecule has 0 saturated carbocycles. The van der Waals surface area contributed by atoms with Gasteiger partial charge in [0.05, 0.1) is 25.3 Å². The van der Waals surface area contributed by atoms with Crippen LogP contribution in [0.1, 0.15) is 12.7 Å². The quantitative estimate of drug-likeness (QED) is 0.516. The predicted molar refractivity (Wildman–Crippen MR) is 102 cm³/mol. The van der Waals surface area contributed by atoms with E-state index in [-0.39, 0.29) is 29.0 Å². The van der Waals surface area contributed by atoms with Gasteiger partial charge in [0.25, 0.3) is 5.69 Å². The number of oxazole rings is 1. The fourth-order valence-electron chi connectivity index (χ4n) is 2.91. The van der Waals surface area contributed by atoms with E-state index in [0.717, 1.165) is 0 Å². The minimum Gasteiger partial charge on any atom is -0.615 e. The average molecular weight is 384 g/mol. The van der Waals surface area contributed by atoms with Gasteiger partial charge in [0.2, 0.25) is 11.7 Å². The van der Waals surface area contributed by atoms with E-state index in [0.29, 0.717) is 33.0 Å². The molecule has 0 spiro atoms. The van der Waals surface area contributed by atoms with E-state index >= 15 is 0 Å². The summed E-state index contributed by atoms with van der Waals surface area (Å²) in [5, 5.41) is 25.7. The lowest BCUT2D eigenvalue weighted by atomic mass is 10.1. The van der Waals surface area contributed by atoms with Crippen molar-refractivity contribution in [3.8, 4) is 40.0 Å². The number of benzene rings is 2. The Hall–Kier alpha value is -3.68. The van der Waals surface area contributed by atoms with Crippen LogP contribution in [0.5, 0.6) is 17.2 Å². The summed E-state index contributed by atoms with van der Waals surface area (Å²) < 4.78 is 16.7. The number of ether oxygens (including phenoxy) is 2. The van der Waals surface area contributed by atoms with Gasteiger partial charge in [-0.15, -0.1) is 4.73 Å². The number of carbonyl (C=O) groups is 1. The molecule has 1 heterocycles. The van der Waals surface area contributed by atoms with Crippen LogP contribution in [-0.2, 0) is 4.79 Å². The molecule has 0 aliphatic rings. The first-order valence-electron chi connectivity index (χ1n) is 8.42. The number of methoxy groups -OCH3 is 2. The number of aromatic nitrogens is 1. The molecule has 8 heteroatoms. The van der Waals surface area contributed by atoms with Gasteiger partial charge >= 0.3 is 5.89 Å². The van der Waals surface area contributed by atoms with Crippen molar-refractivity contribution in [1.82, 2.24) is 0 Å². The lowest BCUT2D eigenvalue weighted by molar-refractivity contribution is -0.585. The molecule has 3 aromatic rings. The zero-order valence-electron chi connectivity index (χ0n) is 15.9. The van der Waals surface area contributed by atoms with Crippen LogP contribution in [0.25, 0.3) is 22.7 Å². The van der Waals surface area contributed by atoms with Crippen LogP contribution in [0.2, 0.25) is 0 Å². The van der Waals surface area contributed by atoms with Gasteiger partial charge in [-0.05, 0) is 24.3 Å². The maximum atomic E-state index is 12.9. The molecule has 2 aromatic carbocycles. The van der Waals surface area contributed by atoms with E-state index in [1.807, 2.05) is 0 Å². The predicted octanol–water partition coefficient (Wildman–Crippen LogP) is 3.24. The Bertz CT molecular complexity index is 999. The summed E-state index contributed by atoms with van der Waals surface area (Å²) in [7, 11) is 2.80. The molecule has 0 unspecified atom stereocenters. The van der Waals surface area contributed by atoms with E-state index in [9.17, 15) is 15.1 Å². The largest absolute Gasteiger partial charge is 0.615 e. The first-order chi connectivity index (χ1) is 13.3. The number of aryl methyl sites for hydroxylation is 1. The van der Waals surface area contributed by atoms with E-state index in [4.69, 9.17) is 13.9 Å². The highest BCUT2D eigenvalue weighted by molar-refractivity contribution is 5.88. The third kappa shape index (κ3) is 3.44. The van der Waals surface area contributed by atoms with Crippen molar-refractivity contribution < 1.29 is 28.5 Å². The third-order valence-corrected chi connectivity index (χ3v) is 4.18. The fraction of sp³-hybridized carbons (Fsp3) is 0.200. The average Bonchev–Trinajstić information content (AvgIpc) is 2.96. The van der Waals surface area contributed by atoms with Crippen LogP contribution in [0.3, 0.4) is 0 Å². The lowest BCUT2D eigenvalue weighted by Gasteiger charge is -2.09. The summed E-state index contributed by atoms with van der Waals surface area (Å²) in [5.74, 6) is 0.430. The number of phenolic OH excluding ortho intramolecular Hbond substituents is 1.